The number of benzene rings is 1. The summed E-state index contributed by atoms with van der Waals surface area (Å²) in [6.07, 6.45) is 1.64. The number of nitrogens with zero attached hydrogens (tertiary/aromatic N) is 1. The molecule has 0 bridgehead atoms. The molecule has 1 N–H and O–H groups in total. The molecule has 1 aromatic carbocycles. The van der Waals surface area contributed by atoms with E-state index in [1.165, 1.54) is 0 Å². The number of hydrogen-bond acceptors (Lipinski definition) is 2. The van der Waals surface area contributed by atoms with Gasteiger partial charge in [0.05, 0.1) is 12.0 Å². The fraction of sp³-hybridized carbons (Fsp3) is 0.231. The van der Waals surface area contributed by atoms with Crippen LogP contribution in [0.5, 0.6) is 0 Å². The molecule has 0 spiro atoms. The molecule has 2 nitrogen and oxygen atoms in total. The second-order valence-corrected chi connectivity index (χ2v) is 4.98. The second kappa shape index (κ2) is 4.98. The summed E-state index contributed by atoms with van der Waals surface area (Å²) in [5.41, 5.74) is 3.17. The van der Waals surface area contributed by atoms with Crippen LogP contribution in [0.25, 0.3) is 11.3 Å². The lowest BCUT2D eigenvalue weighted by atomic mass is 9.99. The normalized spacial score (nSPS) is 10.8. The highest BCUT2D eigenvalue weighted by atomic mass is 35.5. The summed E-state index contributed by atoms with van der Waals surface area (Å²) < 4.78 is 0.656. The molecule has 0 aliphatic carbocycles. The second-order valence-electron chi connectivity index (χ2n) is 4.16. The Labute approximate surface area is 111 Å². The maximum atomic E-state index is 5.89. The highest BCUT2D eigenvalue weighted by Crippen LogP contribution is 2.28. The molecule has 88 valence electrons. The Morgan fingerprint density at radius 3 is 2.47 bits per heavy atom. The molecule has 0 unspecified atom stereocenters. The SMILES string of the molecule is CC(C)c1c(-c2ccc(Cl)cc2)[nH]cnc1=S. The third kappa shape index (κ3) is 2.56. The van der Waals surface area contributed by atoms with Crippen LogP contribution in [0.3, 0.4) is 0 Å². The molecule has 4 heteroatoms. The van der Waals surface area contributed by atoms with E-state index in [9.17, 15) is 0 Å². The lowest BCUT2D eigenvalue weighted by Crippen LogP contribution is -1.98. The largest absolute Gasteiger partial charge is 0.346 e. The Morgan fingerprint density at radius 2 is 1.88 bits per heavy atom. The first-order valence-corrected chi connectivity index (χ1v) is 6.21. The van der Waals surface area contributed by atoms with Gasteiger partial charge in [-0.3, -0.25) is 0 Å². The predicted octanol–water partition coefficient (Wildman–Crippen LogP) is 4.58. The molecule has 0 saturated heterocycles. The average Bonchev–Trinajstić information content (AvgIpc) is 2.29. The van der Waals surface area contributed by atoms with Crippen LogP contribution in [-0.2, 0) is 0 Å². The van der Waals surface area contributed by atoms with Crippen molar-refractivity contribution in [2.45, 2.75) is 19.8 Å². The summed E-state index contributed by atoms with van der Waals surface area (Å²) in [5, 5.41) is 0.729. The Morgan fingerprint density at radius 1 is 1.24 bits per heavy atom. The molecule has 0 aliphatic rings. The molecule has 0 radical (unpaired) electrons. The van der Waals surface area contributed by atoms with Gasteiger partial charge in [0.15, 0.2) is 0 Å². The summed E-state index contributed by atoms with van der Waals surface area (Å²) in [7, 11) is 0. The van der Waals surface area contributed by atoms with Crippen LogP contribution in [0, 0.1) is 4.64 Å². The first kappa shape index (κ1) is 12.3. The molecule has 0 fully saturated rings. The van der Waals surface area contributed by atoms with E-state index in [2.05, 4.69) is 23.8 Å². The van der Waals surface area contributed by atoms with Gasteiger partial charge in [-0.15, -0.1) is 0 Å². The molecule has 17 heavy (non-hydrogen) atoms. The highest BCUT2D eigenvalue weighted by Gasteiger charge is 2.11. The van der Waals surface area contributed by atoms with Gasteiger partial charge in [0.2, 0.25) is 0 Å². The Balaban J connectivity index is 2.63. The van der Waals surface area contributed by atoms with E-state index in [1.807, 2.05) is 24.3 Å². The lowest BCUT2D eigenvalue weighted by molar-refractivity contribution is 0.844. The standard InChI is InChI=1S/C13H13ClN2S/c1-8(2)11-12(15-7-16-13(11)17)9-3-5-10(14)6-4-9/h3-8H,1-2H3,(H,15,16,17). The molecule has 0 saturated carbocycles. The zero-order valence-corrected chi connectivity index (χ0v) is 11.3. The number of halogens is 1. The van der Waals surface area contributed by atoms with Crippen molar-refractivity contribution in [1.29, 1.82) is 0 Å². The van der Waals surface area contributed by atoms with E-state index in [0.29, 0.717) is 10.6 Å². The van der Waals surface area contributed by atoms with Gasteiger partial charge in [-0.05, 0) is 23.6 Å². The maximum absolute atomic E-state index is 5.89. The van der Waals surface area contributed by atoms with Crippen LogP contribution in [0.4, 0.5) is 0 Å². The quantitative estimate of drug-likeness (QED) is 0.804. The molecule has 2 aromatic rings. The number of aromatic amines is 1. The number of hydrogen-bond donors (Lipinski definition) is 1. The van der Waals surface area contributed by atoms with Crippen molar-refractivity contribution >= 4 is 23.8 Å². The van der Waals surface area contributed by atoms with E-state index in [4.69, 9.17) is 23.8 Å². The minimum atomic E-state index is 0.332. The van der Waals surface area contributed by atoms with Crippen LogP contribution in [0.15, 0.2) is 30.6 Å². The van der Waals surface area contributed by atoms with Gasteiger partial charge in [0.1, 0.15) is 4.64 Å². The van der Waals surface area contributed by atoms with E-state index in [0.717, 1.165) is 21.8 Å². The van der Waals surface area contributed by atoms with Gasteiger partial charge >= 0.3 is 0 Å². The van der Waals surface area contributed by atoms with Crippen molar-refractivity contribution < 1.29 is 0 Å². The van der Waals surface area contributed by atoms with Gasteiger partial charge < -0.3 is 4.98 Å². The fourth-order valence-electron chi connectivity index (χ4n) is 1.80. The predicted molar refractivity (Wildman–Crippen MR) is 74.0 cm³/mol. The Hall–Kier alpha value is -1.19. The first-order chi connectivity index (χ1) is 8.09. The number of nitrogens with one attached hydrogen (secondary N) is 1. The lowest BCUT2D eigenvalue weighted by Gasteiger charge is -2.12. The third-order valence-corrected chi connectivity index (χ3v) is 3.18. The van der Waals surface area contributed by atoms with E-state index < -0.39 is 0 Å². The average molecular weight is 265 g/mol. The van der Waals surface area contributed by atoms with Gasteiger partial charge in [0.25, 0.3) is 0 Å². The van der Waals surface area contributed by atoms with Gasteiger partial charge in [-0.25, -0.2) is 4.98 Å². The van der Waals surface area contributed by atoms with Gasteiger partial charge in [-0.1, -0.05) is 49.8 Å². The van der Waals surface area contributed by atoms with E-state index in [-0.39, 0.29) is 0 Å². The van der Waals surface area contributed by atoms with Crippen LogP contribution >= 0.6 is 23.8 Å². The maximum Gasteiger partial charge on any atom is 0.133 e. The molecule has 0 atom stereocenters. The number of H-pyrrole nitrogens is 1. The van der Waals surface area contributed by atoms with Crippen molar-refractivity contribution in [3.05, 3.63) is 45.8 Å². The first-order valence-electron chi connectivity index (χ1n) is 5.43. The third-order valence-electron chi connectivity index (χ3n) is 2.60. The van der Waals surface area contributed by atoms with Crippen molar-refractivity contribution in [2.24, 2.45) is 0 Å². The van der Waals surface area contributed by atoms with Gasteiger partial charge in [-0.2, -0.15) is 0 Å². The van der Waals surface area contributed by atoms with Crippen molar-refractivity contribution in [2.75, 3.05) is 0 Å². The van der Waals surface area contributed by atoms with Crippen LogP contribution in [-0.4, -0.2) is 9.97 Å². The molecule has 1 aromatic heterocycles. The minimum Gasteiger partial charge on any atom is -0.346 e. The van der Waals surface area contributed by atoms with Crippen LogP contribution in [0.2, 0.25) is 5.02 Å². The Kier molecular flexibility index (Phi) is 3.60. The zero-order valence-electron chi connectivity index (χ0n) is 9.70. The van der Waals surface area contributed by atoms with E-state index >= 15 is 0 Å². The smallest absolute Gasteiger partial charge is 0.133 e. The van der Waals surface area contributed by atoms with E-state index in [1.54, 1.807) is 6.33 Å². The van der Waals surface area contributed by atoms with Crippen LogP contribution in [0.1, 0.15) is 25.3 Å². The Bertz CT molecular complexity index is 573. The van der Waals surface area contributed by atoms with Crippen molar-refractivity contribution in [1.82, 2.24) is 9.97 Å². The monoisotopic (exact) mass is 264 g/mol. The molecular weight excluding hydrogens is 252 g/mol. The molecule has 1 heterocycles. The molecular formula is C13H13ClN2S. The fourth-order valence-corrected chi connectivity index (χ4v) is 2.32. The van der Waals surface area contributed by atoms with Crippen molar-refractivity contribution in [3.63, 3.8) is 0 Å². The summed E-state index contributed by atoms with van der Waals surface area (Å²) in [6.45, 7) is 4.22. The summed E-state index contributed by atoms with van der Waals surface area (Å²) >= 11 is 11.2. The number of aromatic nitrogens is 2. The molecule has 0 amide bonds. The highest BCUT2D eigenvalue weighted by molar-refractivity contribution is 7.71. The number of rotatable bonds is 2. The van der Waals surface area contributed by atoms with Crippen LogP contribution < -0.4 is 0 Å². The van der Waals surface area contributed by atoms with Crippen molar-refractivity contribution in [3.8, 4) is 11.3 Å². The topological polar surface area (TPSA) is 28.7 Å². The molecule has 2 rings (SSSR count). The summed E-state index contributed by atoms with van der Waals surface area (Å²) in [4.78, 5) is 7.31. The summed E-state index contributed by atoms with van der Waals surface area (Å²) in [5.74, 6) is 0.332. The summed E-state index contributed by atoms with van der Waals surface area (Å²) in [6, 6.07) is 7.71. The minimum absolute atomic E-state index is 0.332. The molecule has 0 aliphatic heterocycles. The van der Waals surface area contributed by atoms with Gasteiger partial charge in [0, 0.05) is 10.6 Å². The zero-order chi connectivity index (χ0) is 12.4.